The van der Waals surface area contributed by atoms with Crippen molar-refractivity contribution in [3.8, 4) is 0 Å². The number of amidine groups is 1. The molecule has 0 saturated heterocycles. The van der Waals surface area contributed by atoms with E-state index in [0.717, 1.165) is 22.3 Å². The first-order valence-corrected chi connectivity index (χ1v) is 6.66. The number of fused-ring (bicyclic) bond motifs is 1. The first-order chi connectivity index (χ1) is 8.66. The van der Waals surface area contributed by atoms with E-state index < -0.39 is 0 Å². The Morgan fingerprint density at radius 2 is 1.94 bits per heavy atom. The molecule has 0 fully saturated rings. The van der Waals surface area contributed by atoms with Gasteiger partial charge >= 0.3 is 0 Å². The van der Waals surface area contributed by atoms with Crippen LogP contribution >= 0.6 is 15.9 Å². The van der Waals surface area contributed by atoms with E-state index in [1.54, 1.807) is 0 Å². The Balaban J connectivity index is 2.04. The summed E-state index contributed by atoms with van der Waals surface area (Å²) in [5, 5.41) is 8.28. The molecule has 0 atom stereocenters. The van der Waals surface area contributed by atoms with Gasteiger partial charge in [0, 0.05) is 10.0 Å². The van der Waals surface area contributed by atoms with Gasteiger partial charge in [0.2, 0.25) is 0 Å². The van der Waals surface area contributed by atoms with Crippen LogP contribution in [0.15, 0.2) is 46.9 Å². The van der Waals surface area contributed by atoms with Crippen LogP contribution in [-0.2, 0) is 6.54 Å². The van der Waals surface area contributed by atoms with Gasteiger partial charge in [0.25, 0.3) is 0 Å². The van der Waals surface area contributed by atoms with Gasteiger partial charge in [-0.05, 0) is 46.1 Å². The van der Waals surface area contributed by atoms with E-state index in [1.807, 2.05) is 23.1 Å². The summed E-state index contributed by atoms with van der Waals surface area (Å²) < 4.78 is 1.04. The van der Waals surface area contributed by atoms with Crippen molar-refractivity contribution in [2.24, 2.45) is 0 Å². The normalized spacial score (nSPS) is 13.9. The van der Waals surface area contributed by atoms with E-state index in [0.29, 0.717) is 5.84 Å². The molecule has 1 heterocycles. The largest absolute Gasteiger partial charge is 0.321 e. The van der Waals surface area contributed by atoms with Gasteiger partial charge in [0.1, 0.15) is 5.84 Å². The van der Waals surface area contributed by atoms with Crippen molar-refractivity contribution in [1.29, 1.82) is 5.41 Å². The number of hydrogen-bond donors (Lipinski definition) is 1. The van der Waals surface area contributed by atoms with Crippen LogP contribution in [0.25, 0.3) is 0 Å². The van der Waals surface area contributed by atoms with Gasteiger partial charge in [-0.3, -0.25) is 5.41 Å². The number of rotatable bonds is 1. The standard InChI is InChI=1S/C15H13BrN2/c1-10-6-7-14(13(16)8-10)18-9-11-4-2-3-5-12(11)15(18)17/h2-8,17H,9H2,1H3. The second-order valence-electron chi connectivity index (χ2n) is 4.55. The lowest BCUT2D eigenvalue weighted by atomic mass is 10.1. The van der Waals surface area contributed by atoms with E-state index in [9.17, 15) is 0 Å². The lowest BCUT2D eigenvalue weighted by Crippen LogP contribution is -2.23. The summed E-state index contributed by atoms with van der Waals surface area (Å²) in [7, 11) is 0. The Hall–Kier alpha value is -1.61. The van der Waals surface area contributed by atoms with E-state index in [-0.39, 0.29) is 0 Å². The molecular weight excluding hydrogens is 288 g/mol. The number of halogens is 1. The molecule has 0 unspecified atom stereocenters. The van der Waals surface area contributed by atoms with Crippen LogP contribution in [-0.4, -0.2) is 5.84 Å². The van der Waals surface area contributed by atoms with E-state index >= 15 is 0 Å². The van der Waals surface area contributed by atoms with Gasteiger partial charge in [-0.1, -0.05) is 30.3 Å². The molecule has 0 bridgehead atoms. The maximum Gasteiger partial charge on any atom is 0.133 e. The topological polar surface area (TPSA) is 27.1 Å². The number of anilines is 1. The number of aryl methyl sites for hydroxylation is 1. The van der Waals surface area contributed by atoms with Gasteiger partial charge < -0.3 is 4.90 Å². The third-order valence-electron chi connectivity index (χ3n) is 3.26. The highest BCUT2D eigenvalue weighted by Gasteiger charge is 2.25. The highest BCUT2D eigenvalue weighted by molar-refractivity contribution is 9.10. The monoisotopic (exact) mass is 300 g/mol. The zero-order valence-electron chi connectivity index (χ0n) is 10.1. The highest BCUT2D eigenvalue weighted by Crippen LogP contribution is 2.33. The molecule has 0 radical (unpaired) electrons. The first-order valence-electron chi connectivity index (χ1n) is 5.87. The van der Waals surface area contributed by atoms with Gasteiger partial charge in [-0.25, -0.2) is 0 Å². The smallest absolute Gasteiger partial charge is 0.133 e. The van der Waals surface area contributed by atoms with Crippen LogP contribution < -0.4 is 4.90 Å². The summed E-state index contributed by atoms with van der Waals surface area (Å²) in [4.78, 5) is 2.04. The fraction of sp³-hybridized carbons (Fsp3) is 0.133. The Kier molecular flexibility index (Phi) is 2.71. The summed E-state index contributed by atoms with van der Waals surface area (Å²) in [6.07, 6.45) is 0. The van der Waals surface area contributed by atoms with Crippen LogP contribution in [0.4, 0.5) is 5.69 Å². The Morgan fingerprint density at radius 1 is 1.17 bits per heavy atom. The first kappa shape index (κ1) is 11.5. The molecule has 0 amide bonds. The maximum absolute atomic E-state index is 8.28. The number of nitrogens with one attached hydrogen (secondary N) is 1. The fourth-order valence-corrected chi connectivity index (χ4v) is 3.03. The van der Waals surface area contributed by atoms with Crippen molar-refractivity contribution in [3.63, 3.8) is 0 Å². The molecule has 3 rings (SSSR count). The minimum Gasteiger partial charge on any atom is -0.321 e. The number of nitrogens with zero attached hydrogens (tertiary/aromatic N) is 1. The van der Waals surface area contributed by atoms with Gasteiger partial charge in [-0.15, -0.1) is 0 Å². The Morgan fingerprint density at radius 3 is 2.67 bits per heavy atom. The SMILES string of the molecule is Cc1ccc(N2Cc3ccccc3C2=N)c(Br)c1. The summed E-state index contributed by atoms with van der Waals surface area (Å²) >= 11 is 3.59. The quantitative estimate of drug-likeness (QED) is 0.843. The molecule has 90 valence electrons. The summed E-state index contributed by atoms with van der Waals surface area (Å²) in [5.41, 5.74) is 4.52. The average molecular weight is 301 g/mol. The third-order valence-corrected chi connectivity index (χ3v) is 3.90. The zero-order valence-corrected chi connectivity index (χ0v) is 11.7. The molecule has 2 aromatic carbocycles. The lowest BCUT2D eigenvalue weighted by molar-refractivity contribution is 1.04. The molecule has 1 aliphatic rings. The molecule has 2 aromatic rings. The van der Waals surface area contributed by atoms with Gasteiger partial charge in [-0.2, -0.15) is 0 Å². The van der Waals surface area contributed by atoms with Crippen LogP contribution in [0.5, 0.6) is 0 Å². The molecule has 0 aromatic heterocycles. The van der Waals surface area contributed by atoms with Crippen molar-refractivity contribution >= 4 is 27.5 Å². The molecule has 0 saturated carbocycles. The third kappa shape index (κ3) is 1.75. The molecule has 3 heteroatoms. The van der Waals surface area contributed by atoms with Crippen LogP contribution in [0.3, 0.4) is 0 Å². The summed E-state index contributed by atoms with van der Waals surface area (Å²) in [6, 6.07) is 14.4. The fourth-order valence-electron chi connectivity index (χ4n) is 2.32. The maximum atomic E-state index is 8.28. The average Bonchev–Trinajstić information content (AvgIpc) is 2.68. The Bertz CT molecular complexity index is 634. The molecular formula is C15H13BrN2. The molecule has 2 nitrogen and oxygen atoms in total. The van der Waals surface area contributed by atoms with E-state index in [2.05, 4.69) is 47.1 Å². The predicted molar refractivity (Wildman–Crippen MR) is 78.3 cm³/mol. The minimum absolute atomic E-state index is 0.579. The van der Waals surface area contributed by atoms with Crippen LogP contribution in [0, 0.1) is 12.3 Å². The number of benzene rings is 2. The van der Waals surface area contributed by atoms with Crippen molar-refractivity contribution in [1.82, 2.24) is 0 Å². The molecule has 18 heavy (non-hydrogen) atoms. The number of hydrogen-bond acceptors (Lipinski definition) is 1. The van der Waals surface area contributed by atoms with Crippen molar-refractivity contribution in [2.75, 3.05) is 4.90 Å². The van der Waals surface area contributed by atoms with Crippen molar-refractivity contribution in [2.45, 2.75) is 13.5 Å². The Labute approximate surface area is 115 Å². The molecule has 1 aliphatic heterocycles. The summed E-state index contributed by atoms with van der Waals surface area (Å²) in [5.74, 6) is 0.579. The highest BCUT2D eigenvalue weighted by atomic mass is 79.9. The second-order valence-corrected chi connectivity index (χ2v) is 5.40. The molecule has 0 aliphatic carbocycles. The van der Waals surface area contributed by atoms with E-state index in [1.165, 1.54) is 11.1 Å². The predicted octanol–water partition coefficient (Wildman–Crippen LogP) is 4.10. The van der Waals surface area contributed by atoms with Gasteiger partial charge in [0.15, 0.2) is 0 Å². The zero-order chi connectivity index (χ0) is 12.7. The van der Waals surface area contributed by atoms with Gasteiger partial charge in [0.05, 0.1) is 12.2 Å². The van der Waals surface area contributed by atoms with Crippen molar-refractivity contribution in [3.05, 3.63) is 63.6 Å². The molecule has 0 spiro atoms. The van der Waals surface area contributed by atoms with Crippen LogP contribution in [0.2, 0.25) is 0 Å². The van der Waals surface area contributed by atoms with E-state index in [4.69, 9.17) is 5.41 Å². The molecule has 1 N–H and O–H groups in total. The minimum atomic E-state index is 0.579. The van der Waals surface area contributed by atoms with Crippen molar-refractivity contribution < 1.29 is 0 Å². The lowest BCUT2D eigenvalue weighted by Gasteiger charge is -2.19. The van der Waals surface area contributed by atoms with Crippen LogP contribution in [0.1, 0.15) is 16.7 Å². The second kappa shape index (κ2) is 4.25. The summed E-state index contributed by atoms with van der Waals surface area (Å²) in [6.45, 7) is 2.84.